The average Bonchev–Trinajstić information content (AvgIpc) is 2.41. The van der Waals surface area contributed by atoms with Gasteiger partial charge in [0.25, 0.3) is 6.43 Å². The van der Waals surface area contributed by atoms with E-state index in [1.807, 2.05) is 6.92 Å². The molecule has 2 rings (SSSR count). The smallest absolute Gasteiger partial charge is 0.280 e. The van der Waals surface area contributed by atoms with Crippen molar-refractivity contribution in [2.45, 2.75) is 26.7 Å². The second-order valence-electron chi connectivity index (χ2n) is 4.54. The van der Waals surface area contributed by atoms with Crippen LogP contribution in [0.25, 0.3) is 10.9 Å². The highest BCUT2D eigenvalue weighted by Crippen LogP contribution is 2.32. The van der Waals surface area contributed by atoms with Crippen LogP contribution in [0.1, 0.15) is 31.0 Å². The number of fused-ring (bicyclic) bond motifs is 1. The largest absolute Gasteiger partial charge is 0.384 e. The fourth-order valence-corrected chi connectivity index (χ4v) is 1.99. The molecule has 0 aliphatic heterocycles. The molecule has 0 atom stereocenters. The van der Waals surface area contributed by atoms with Gasteiger partial charge in [-0.2, -0.15) is 0 Å². The number of nitrogens with one attached hydrogen (secondary N) is 1. The minimum atomic E-state index is -2.84. The molecule has 1 aromatic carbocycles. The van der Waals surface area contributed by atoms with Gasteiger partial charge in [0.05, 0.1) is 5.39 Å². The van der Waals surface area contributed by atoms with E-state index in [0.717, 1.165) is 18.6 Å². The Balaban J connectivity index is 2.77. The van der Waals surface area contributed by atoms with E-state index in [1.54, 1.807) is 0 Å². The SMILES string of the molecule is CCCNc1cc(C(F)F)nc2c(F)cc(C)c(F)c12. The molecule has 0 unspecified atom stereocenters. The third kappa shape index (κ3) is 2.55. The molecule has 0 aliphatic rings. The zero-order valence-electron chi connectivity index (χ0n) is 11.1. The van der Waals surface area contributed by atoms with Gasteiger partial charge >= 0.3 is 0 Å². The molecule has 0 amide bonds. The number of halogens is 4. The number of alkyl halides is 2. The summed E-state index contributed by atoms with van der Waals surface area (Å²) in [5.41, 5.74) is -0.684. The number of hydrogen-bond acceptors (Lipinski definition) is 2. The number of benzene rings is 1. The fourth-order valence-electron chi connectivity index (χ4n) is 1.99. The Hall–Kier alpha value is -1.85. The molecule has 2 nitrogen and oxygen atoms in total. The third-order valence-corrected chi connectivity index (χ3v) is 2.96. The molecule has 1 heterocycles. The van der Waals surface area contributed by atoms with Gasteiger partial charge < -0.3 is 5.32 Å². The van der Waals surface area contributed by atoms with Crippen molar-refractivity contribution in [1.82, 2.24) is 4.98 Å². The summed E-state index contributed by atoms with van der Waals surface area (Å²) in [4.78, 5) is 3.54. The summed E-state index contributed by atoms with van der Waals surface area (Å²) in [6, 6.07) is 2.04. The van der Waals surface area contributed by atoms with Gasteiger partial charge in [-0.15, -0.1) is 0 Å². The van der Waals surface area contributed by atoms with Crippen LogP contribution in [0.3, 0.4) is 0 Å². The number of pyridine rings is 1. The van der Waals surface area contributed by atoms with Crippen LogP contribution in [0.15, 0.2) is 12.1 Å². The summed E-state index contributed by atoms with van der Waals surface area (Å²) in [7, 11) is 0. The van der Waals surface area contributed by atoms with E-state index in [1.165, 1.54) is 6.92 Å². The molecule has 2 aromatic rings. The summed E-state index contributed by atoms with van der Waals surface area (Å²) in [6.07, 6.45) is -2.12. The lowest BCUT2D eigenvalue weighted by atomic mass is 10.1. The molecular weight excluding hydrogens is 272 g/mol. The van der Waals surface area contributed by atoms with Crippen LogP contribution in [0.5, 0.6) is 0 Å². The fraction of sp³-hybridized carbons (Fsp3) is 0.357. The van der Waals surface area contributed by atoms with Crippen molar-refractivity contribution in [3.05, 3.63) is 35.0 Å². The maximum absolute atomic E-state index is 14.2. The zero-order chi connectivity index (χ0) is 14.9. The van der Waals surface area contributed by atoms with Crippen molar-refractivity contribution in [2.24, 2.45) is 0 Å². The van der Waals surface area contributed by atoms with Crippen molar-refractivity contribution in [3.8, 4) is 0 Å². The lowest BCUT2D eigenvalue weighted by Crippen LogP contribution is -2.05. The average molecular weight is 286 g/mol. The summed E-state index contributed by atoms with van der Waals surface area (Å²) in [6.45, 7) is 3.77. The summed E-state index contributed by atoms with van der Waals surface area (Å²) < 4.78 is 53.6. The van der Waals surface area contributed by atoms with Gasteiger partial charge in [0.1, 0.15) is 22.8 Å². The Kier molecular flexibility index (Phi) is 4.11. The Morgan fingerprint density at radius 1 is 1.25 bits per heavy atom. The monoisotopic (exact) mass is 286 g/mol. The molecule has 0 spiro atoms. The molecule has 0 fully saturated rings. The maximum Gasteiger partial charge on any atom is 0.280 e. The number of aromatic nitrogens is 1. The van der Waals surface area contributed by atoms with Crippen LogP contribution in [0, 0.1) is 18.6 Å². The van der Waals surface area contributed by atoms with Crippen molar-refractivity contribution in [1.29, 1.82) is 0 Å². The van der Waals surface area contributed by atoms with E-state index < -0.39 is 23.8 Å². The number of rotatable bonds is 4. The first kappa shape index (κ1) is 14.6. The first-order valence-electron chi connectivity index (χ1n) is 6.27. The number of nitrogens with zero attached hydrogens (tertiary/aromatic N) is 1. The second-order valence-corrected chi connectivity index (χ2v) is 4.54. The first-order chi connectivity index (χ1) is 9.45. The minimum absolute atomic E-state index is 0.0830. The molecule has 0 saturated heterocycles. The molecule has 20 heavy (non-hydrogen) atoms. The summed E-state index contributed by atoms with van der Waals surface area (Å²) >= 11 is 0. The molecule has 0 bridgehead atoms. The Bertz CT molecular complexity index is 641. The van der Waals surface area contributed by atoms with Crippen LogP contribution in [-0.4, -0.2) is 11.5 Å². The topological polar surface area (TPSA) is 24.9 Å². The van der Waals surface area contributed by atoms with E-state index in [4.69, 9.17) is 0 Å². The highest BCUT2D eigenvalue weighted by Gasteiger charge is 2.19. The number of aryl methyl sites for hydroxylation is 1. The van der Waals surface area contributed by atoms with Crippen LogP contribution < -0.4 is 5.32 Å². The van der Waals surface area contributed by atoms with E-state index in [2.05, 4.69) is 10.3 Å². The van der Waals surface area contributed by atoms with Crippen molar-refractivity contribution >= 4 is 16.6 Å². The van der Waals surface area contributed by atoms with Crippen LogP contribution in [0.4, 0.5) is 23.2 Å². The first-order valence-corrected chi connectivity index (χ1v) is 6.27. The molecule has 108 valence electrons. The Labute approximate surface area is 113 Å². The van der Waals surface area contributed by atoms with E-state index in [9.17, 15) is 17.6 Å². The highest BCUT2D eigenvalue weighted by atomic mass is 19.3. The number of anilines is 1. The van der Waals surface area contributed by atoms with Crippen molar-refractivity contribution in [2.75, 3.05) is 11.9 Å². The minimum Gasteiger partial charge on any atom is -0.384 e. The van der Waals surface area contributed by atoms with Crippen LogP contribution in [0.2, 0.25) is 0 Å². The summed E-state index contributed by atoms with van der Waals surface area (Å²) in [5.74, 6) is -1.45. The van der Waals surface area contributed by atoms with E-state index >= 15 is 0 Å². The normalized spacial score (nSPS) is 11.3. The van der Waals surface area contributed by atoms with Gasteiger partial charge in [0, 0.05) is 12.2 Å². The van der Waals surface area contributed by atoms with E-state index in [-0.39, 0.29) is 22.2 Å². The third-order valence-electron chi connectivity index (χ3n) is 2.96. The maximum atomic E-state index is 14.2. The molecular formula is C14H14F4N2. The molecule has 0 saturated carbocycles. The van der Waals surface area contributed by atoms with Gasteiger partial charge in [-0.05, 0) is 31.0 Å². The predicted octanol–water partition coefficient (Wildman–Crippen LogP) is 4.58. The quantitative estimate of drug-likeness (QED) is 0.832. The van der Waals surface area contributed by atoms with Gasteiger partial charge in [-0.25, -0.2) is 22.5 Å². The lowest BCUT2D eigenvalue weighted by molar-refractivity contribution is 0.146. The lowest BCUT2D eigenvalue weighted by Gasteiger charge is -2.13. The van der Waals surface area contributed by atoms with Gasteiger partial charge in [-0.1, -0.05) is 6.92 Å². The van der Waals surface area contributed by atoms with Gasteiger partial charge in [0.15, 0.2) is 0 Å². The molecule has 1 N–H and O–H groups in total. The van der Waals surface area contributed by atoms with Crippen molar-refractivity contribution < 1.29 is 17.6 Å². The standard InChI is InChI=1S/C14H14F4N2/c1-3-4-19-9-6-10(14(17)18)20-13-8(15)5-7(2)12(16)11(9)13/h5-6,14H,3-4H2,1-2H3,(H,19,20). The molecule has 0 aliphatic carbocycles. The van der Waals surface area contributed by atoms with Gasteiger partial charge in [-0.3, -0.25) is 0 Å². The molecule has 0 radical (unpaired) electrons. The molecule has 1 aromatic heterocycles. The zero-order valence-corrected chi connectivity index (χ0v) is 11.1. The Morgan fingerprint density at radius 3 is 2.55 bits per heavy atom. The second kappa shape index (κ2) is 5.64. The van der Waals surface area contributed by atoms with E-state index in [0.29, 0.717) is 6.54 Å². The predicted molar refractivity (Wildman–Crippen MR) is 70.1 cm³/mol. The number of hydrogen-bond donors (Lipinski definition) is 1. The van der Waals surface area contributed by atoms with Crippen LogP contribution in [-0.2, 0) is 0 Å². The Morgan fingerprint density at radius 2 is 1.95 bits per heavy atom. The van der Waals surface area contributed by atoms with Crippen LogP contribution >= 0.6 is 0 Å². The molecule has 6 heteroatoms. The van der Waals surface area contributed by atoms with Crippen molar-refractivity contribution in [3.63, 3.8) is 0 Å². The summed E-state index contributed by atoms with van der Waals surface area (Å²) in [5, 5.41) is 2.76. The van der Waals surface area contributed by atoms with Gasteiger partial charge in [0.2, 0.25) is 0 Å². The highest BCUT2D eigenvalue weighted by molar-refractivity contribution is 5.93.